The molecule has 122 valence electrons. The van der Waals surface area contributed by atoms with Crippen molar-refractivity contribution in [3.63, 3.8) is 0 Å². The summed E-state index contributed by atoms with van der Waals surface area (Å²) < 4.78 is 5.11. The van der Waals surface area contributed by atoms with Crippen LogP contribution in [-0.4, -0.2) is 13.0 Å². The molecule has 2 aromatic carbocycles. The number of carbonyl (C=O) groups is 1. The lowest BCUT2D eigenvalue weighted by molar-refractivity contribution is -0.121. The number of nitrogens with one attached hydrogen (secondary N) is 1. The van der Waals surface area contributed by atoms with Gasteiger partial charge in [0, 0.05) is 6.42 Å². The van der Waals surface area contributed by atoms with Crippen molar-refractivity contribution >= 4 is 29.1 Å². The number of amides is 1. The Hall–Kier alpha value is -1.71. The first-order chi connectivity index (χ1) is 11.0. The van der Waals surface area contributed by atoms with E-state index in [1.54, 1.807) is 19.2 Å². The van der Waals surface area contributed by atoms with Crippen LogP contribution in [0.25, 0.3) is 0 Å². The lowest BCUT2D eigenvalue weighted by Gasteiger charge is -2.15. The SMILES string of the molecule is COc1ccc(CCC(=O)N[C@H](C)c2ccc(Cl)c(Cl)c2)cc1. The minimum atomic E-state index is -0.117. The van der Waals surface area contributed by atoms with E-state index in [4.69, 9.17) is 27.9 Å². The molecule has 0 radical (unpaired) electrons. The van der Waals surface area contributed by atoms with Gasteiger partial charge in [0.1, 0.15) is 5.75 Å². The van der Waals surface area contributed by atoms with Crippen molar-refractivity contribution in [2.75, 3.05) is 7.11 Å². The van der Waals surface area contributed by atoms with Crippen molar-refractivity contribution in [1.29, 1.82) is 0 Å². The Morgan fingerprint density at radius 2 is 1.83 bits per heavy atom. The Morgan fingerprint density at radius 1 is 1.13 bits per heavy atom. The van der Waals surface area contributed by atoms with Gasteiger partial charge >= 0.3 is 0 Å². The van der Waals surface area contributed by atoms with E-state index in [2.05, 4.69) is 5.32 Å². The minimum Gasteiger partial charge on any atom is -0.497 e. The first-order valence-electron chi connectivity index (χ1n) is 7.37. The molecule has 5 heteroatoms. The first kappa shape index (κ1) is 17.6. The Morgan fingerprint density at radius 3 is 2.43 bits per heavy atom. The molecule has 1 amide bonds. The van der Waals surface area contributed by atoms with Gasteiger partial charge in [-0.25, -0.2) is 0 Å². The van der Waals surface area contributed by atoms with Gasteiger partial charge in [-0.1, -0.05) is 41.4 Å². The summed E-state index contributed by atoms with van der Waals surface area (Å²) in [6.45, 7) is 1.92. The van der Waals surface area contributed by atoms with Crippen LogP contribution in [0, 0.1) is 0 Å². The van der Waals surface area contributed by atoms with Gasteiger partial charge in [0.05, 0.1) is 23.2 Å². The van der Waals surface area contributed by atoms with Crippen molar-refractivity contribution < 1.29 is 9.53 Å². The summed E-state index contributed by atoms with van der Waals surface area (Å²) in [6.07, 6.45) is 1.11. The fourth-order valence-corrected chi connectivity index (χ4v) is 2.54. The van der Waals surface area contributed by atoms with E-state index in [1.165, 1.54) is 0 Å². The van der Waals surface area contributed by atoms with Gasteiger partial charge in [0.15, 0.2) is 0 Å². The molecular formula is C18H19Cl2NO2. The number of methoxy groups -OCH3 is 1. The van der Waals surface area contributed by atoms with Gasteiger partial charge in [-0.3, -0.25) is 4.79 Å². The van der Waals surface area contributed by atoms with Crippen LogP contribution in [0.5, 0.6) is 5.75 Å². The zero-order valence-electron chi connectivity index (χ0n) is 13.1. The van der Waals surface area contributed by atoms with Gasteiger partial charge in [0.2, 0.25) is 5.91 Å². The molecule has 0 bridgehead atoms. The van der Waals surface area contributed by atoms with Crippen LogP contribution in [0.3, 0.4) is 0 Å². The number of halogens is 2. The third-order valence-corrected chi connectivity index (χ3v) is 4.36. The lowest BCUT2D eigenvalue weighted by atomic mass is 10.1. The van der Waals surface area contributed by atoms with Crippen molar-refractivity contribution in [2.24, 2.45) is 0 Å². The molecule has 0 saturated carbocycles. The topological polar surface area (TPSA) is 38.3 Å². The number of aryl methyl sites for hydroxylation is 1. The zero-order valence-corrected chi connectivity index (χ0v) is 14.6. The maximum Gasteiger partial charge on any atom is 0.220 e. The van der Waals surface area contributed by atoms with E-state index < -0.39 is 0 Å². The fourth-order valence-electron chi connectivity index (χ4n) is 2.23. The molecule has 0 aliphatic heterocycles. The summed E-state index contributed by atoms with van der Waals surface area (Å²) >= 11 is 11.9. The van der Waals surface area contributed by atoms with Crippen molar-refractivity contribution in [2.45, 2.75) is 25.8 Å². The summed E-state index contributed by atoms with van der Waals surface area (Å²) in [5.74, 6) is 0.811. The maximum absolute atomic E-state index is 12.1. The van der Waals surface area contributed by atoms with Crippen LogP contribution in [0.2, 0.25) is 10.0 Å². The predicted molar refractivity (Wildman–Crippen MR) is 94.3 cm³/mol. The molecule has 0 heterocycles. The molecule has 0 unspecified atom stereocenters. The van der Waals surface area contributed by atoms with E-state index in [1.807, 2.05) is 37.3 Å². The highest BCUT2D eigenvalue weighted by molar-refractivity contribution is 6.42. The zero-order chi connectivity index (χ0) is 16.8. The molecule has 0 spiro atoms. The van der Waals surface area contributed by atoms with Crippen LogP contribution in [-0.2, 0) is 11.2 Å². The molecule has 0 saturated heterocycles. The van der Waals surface area contributed by atoms with Gasteiger partial charge in [-0.05, 0) is 48.7 Å². The second-order valence-electron chi connectivity index (χ2n) is 5.31. The Balaban J connectivity index is 1.86. The minimum absolute atomic E-state index is 0.000564. The normalized spacial score (nSPS) is 11.8. The van der Waals surface area contributed by atoms with Crippen LogP contribution in [0.1, 0.15) is 30.5 Å². The molecule has 2 aromatic rings. The highest BCUT2D eigenvalue weighted by Gasteiger charge is 2.11. The van der Waals surface area contributed by atoms with E-state index in [9.17, 15) is 4.79 Å². The number of carbonyl (C=O) groups excluding carboxylic acids is 1. The molecule has 1 atom stereocenters. The molecule has 23 heavy (non-hydrogen) atoms. The second kappa shape index (κ2) is 8.23. The average molecular weight is 352 g/mol. The van der Waals surface area contributed by atoms with Crippen LogP contribution >= 0.6 is 23.2 Å². The summed E-state index contributed by atoms with van der Waals surface area (Å²) in [4.78, 5) is 12.1. The molecule has 2 rings (SSSR count). The van der Waals surface area contributed by atoms with Crippen molar-refractivity contribution in [3.05, 3.63) is 63.6 Å². The largest absolute Gasteiger partial charge is 0.497 e. The maximum atomic E-state index is 12.1. The monoisotopic (exact) mass is 351 g/mol. The van der Waals surface area contributed by atoms with Crippen LogP contribution in [0.4, 0.5) is 0 Å². The average Bonchev–Trinajstić information content (AvgIpc) is 2.55. The van der Waals surface area contributed by atoms with Gasteiger partial charge in [0.25, 0.3) is 0 Å². The van der Waals surface area contributed by atoms with Crippen LogP contribution < -0.4 is 10.1 Å². The molecule has 0 aromatic heterocycles. The van der Waals surface area contributed by atoms with E-state index in [0.29, 0.717) is 22.9 Å². The standard InChI is InChI=1S/C18H19Cl2NO2/c1-12(14-6-9-16(19)17(20)11-14)21-18(22)10-5-13-3-7-15(23-2)8-4-13/h3-4,6-9,11-12H,5,10H2,1-2H3,(H,21,22)/t12-/m1/s1. The Labute approximate surface area is 146 Å². The van der Waals surface area contributed by atoms with Gasteiger partial charge in [-0.2, -0.15) is 0 Å². The summed E-state index contributed by atoms with van der Waals surface area (Å²) in [6, 6.07) is 13.0. The lowest BCUT2D eigenvalue weighted by Crippen LogP contribution is -2.26. The molecular weight excluding hydrogens is 333 g/mol. The summed E-state index contributed by atoms with van der Waals surface area (Å²) in [5.41, 5.74) is 2.03. The predicted octanol–water partition coefficient (Wildman–Crippen LogP) is 4.81. The fraction of sp³-hybridized carbons (Fsp3) is 0.278. The number of rotatable bonds is 6. The van der Waals surface area contributed by atoms with E-state index in [-0.39, 0.29) is 11.9 Å². The van der Waals surface area contributed by atoms with Crippen LogP contribution in [0.15, 0.2) is 42.5 Å². The van der Waals surface area contributed by atoms with Crippen molar-refractivity contribution in [3.8, 4) is 5.75 Å². The number of hydrogen-bond acceptors (Lipinski definition) is 2. The Bertz CT molecular complexity index is 671. The summed E-state index contributed by atoms with van der Waals surface area (Å²) in [7, 11) is 1.63. The quantitative estimate of drug-likeness (QED) is 0.810. The van der Waals surface area contributed by atoms with E-state index >= 15 is 0 Å². The summed E-state index contributed by atoms with van der Waals surface area (Å²) in [5, 5.41) is 3.97. The highest BCUT2D eigenvalue weighted by atomic mass is 35.5. The molecule has 0 aliphatic carbocycles. The molecule has 1 N–H and O–H groups in total. The number of ether oxygens (including phenoxy) is 1. The third-order valence-electron chi connectivity index (χ3n) is 3.62. The first-order valence-corrected chi connectivity index (χ1v) is 8.12. The number of hydrogen-bond donors (Lipinski definition) is 1. The van der Waals surface area contributed by atoms with Gasteiger partial charge < -0.3 is 10.1 Å². The molecule has 0 aliphatic rings. The Kier molecular flexibility index (Phi) is 6.31. The number of benzene rings is 2. The molecule has 3 nitrogen and oxygen atoms in total. The smallest absolute Gasteiger partial charge is 0.220 e. The molecule has 0 fully saturated rings. The van der Waals surface area contributed by atoms with Crippen molar-refractivity contribution in [1.82, 2.24) is 5.32 Å². The third kappa shape index (κ3) is 5.15. The second-order valence-corrected chi connectivity index (χ2v) is 6.13. The highest BCUT2D eigenvalue weighted by Crippen LogP contribution is 2.25. The van der Waals surface area contributed by atoms with Gasteiger partial charge in [-0.15, -0.1) is 0 Å². The van der Waals surface area contributed by atoms with E-state index in [0.717, 1.165) is 16.9 Å².